The van der Waals surface area contributed by atoms with Crippen LogP contribution in [-0.2, 0) is 107 Å². The number of amides is 10. The molecule has 11 rings (SSSR count). The molecule has 33 heteroatoms. The van der Waals surface area contributed by atoms with E-state index in [1.165, 1.54) is 23.6 Å². The number of aliphatic hydroxyl groups is 5. The minimum Gasteiger partial charge on any atom is -0.394 e. The van der Waals surface area contributed by atoms with Crippen molar-refractivity contribution in [2.24, 2.45) is 44.5 Å². The highest BCUT2D eigenvalue weighted by molar-refractivity contribution is 6.44. The van der Waals surface area contributed by atoms with Gasteiger partial charge in [0.2, 0.25) is 59.1 Å². The maximum absolute atomic E-state index is 15.0. The fourth-order valence-electron chi connectivity index (χ4n) is 20.3. The summed E-state index contributed by atoms with van der Waals surface area (Å²) in [6, 6.07) is 22.2. The number of fused-ring (bicyclic) bond motifs is 8. The van der Waals surface area contributed by atoms with Crippen molar-refractivity contribution >= 4 is 81.9 Å². The molecule has 2 heterocycles. The molecule has 131 heavy (non-hydrogen) atoms. The number of rotatable bonds is 41. The van der Waals surface area contributed by atoms with Crippen molar-refractivity contribution in [3.05, 3.63) is 129 Å². The minimum absolute atomic E-state index is 0.00266. The number of carbonyl (C=O) groups is 10. The molecule has 5 aliphatic carbocycles. The monoisotopic (exact) mass is 1820 g/mol. The molecule has 10 amide bonds. The van der Waals surface area contributed by atoms with Crippen LogP contribution >= 0.6 is 0 Å². The van der Waals surface area contributed by atoms with Gasteiger partial charge < -0.3 is 102 Å². The smallest absolute Gasteiger partial charge is 0.249 e. The van der Waals surface area contributed by atoms with Gasteiger partial charge >= 0.3 is 0 Å². The van der Waals surface area contributed by atoms with E-state index in [9.17, 15) is 73.5 Å². The summed E-state index contributed by atoms with van der Waals surface area (Å²) in [4.78, 5) is 146. The van der Waals surface area contributed by atoms with Gasteiger partial charge in [-0.15, -0.1) is 0 Å². The second-order valence-corrected chi connectivity index (χ2v) is 37.2. The number of aliphatic hydroxyl groups excluding tert-OH is 5. The molecule has 3 saturated carbocycles. The largest absolute Gasteiger partial charge is 0.394 e. The van der Waals surface area contributed by atoms with Gasteiger partial charge in [-0.25, -0.2) is 0 Å². The number of carbonyl (C=O) groups excluding carboxylic acids is 10. The van der Waals surface area contributed by atoms with E-state index in [0.717, 1.165) is 72.8 Å². The van der Waals surface area contributed by atoms with Crippen LogP contribution in [0.1, 0.15) is 215 Å². The second-order valence-electron chi connectivity index (χ2n) is 37.2. The van der Waals surface area contributed by atoms with E-state index in [2.05, 4.69) is 110 Å². The van der Waals surface area contributed by atoms with Crippen molar-refractivity contribution in [1.29, 1.82) is 0 Å². The van der Waals surface area contributed by atoms with Crippen molar-refractivity contribution in [2.45, 2.75) is 269 Å². The van der Waals surface area contributed by atoms with Gasteiger partial charge in [-0.1, -0.05) is 139 Å². The van der Waals surface area contributed by atoms with Gasteiger partial charge in [0, 0.05) is 49.2 Å². The first kappa shape index (κ1) is 102. The zero-order valence-corrected chi connectivity index (χ0v) is 77.0. The number of imide groups is 1. The van der Waals surface area contributed by atoms with E-state index >= 15 is 0 Å². The Kier molecular flexibility index (Phi) is 36.9. The van der Waals surface area contributed by atoms with E-state index in [1.807, 2.05) is 67.6 Å². The van der Waals surface area contributed by atoms with Crippen LogP contribution in [0.3, 0.4) is 0 Å². The van der Waals surface area contributed by atoms with Gasteiger partial charge in [-0.05, 0) is 190 Å². The first-order chi connectivity index (χ1) is 62.8. The molecule has 15 N–H and O–H groups in total. The van der Waals surface area contributed by atoms with Crippen LogP contribution in [0.25, 0.3) is 0 Å². The first-order valence-corrected chi connectivity index (χ1v) is 46.7. The lowest BCUT2D eigenvalue weighted by molar-refractivity contribution is -0.226. The number of hydrogen-bond donors (Lipinski definition) is 14. The van der Waals surface area contributed by atoms with Crippen molar-refractivity contribution in [1.82, 2.24) is 37.2 Å². The van der Waals surface area contributed by atoms with Crippen molar-refractivity contribution in [2.75, 3.05) is 96.0 Å². The molecule has 1 unspecified atom stereocenters. The summed E-state index contributed by atoms with van der Waals surface area (Å²) in [5, 5.41) is 78.2. The summed E-state index contributed by atoms with van der Waals surface area (Å²) in [5.74, 6) is 6.59. The van der Waals surface area contributed by atoms with Crippen LogP contribution in [0.2, 0.25) is 0 Å². The van der Waals surface area contributed by atoms with Crippen LogP contribution in [0, 0.1) is 47.3 Å². The van der Waals surface area contributed by atoms with Crippen LogP contribution in [0.5, 0.6) is 0 Å². The average molecular weight is 1820 g/mol. The van der Waals surface area contributed by atoms with Crippen LogP contribution in [0.4, 0.5) is 11.4 Å². The van der Waals surface area contributed by atoms with Crippen LogP contribution in [-0.4, -0.2) is 243 Å². The maximum atomic E-state index is 15.0. The summed E-state index contributed by atoms with van der Waals surface area (Å²) in [7, 11) is 0. The molecular weight excluding hydrogens is 1680 g/mol. The Balaban J connectivity index is 0.628. The molecule has 2 aliphatic heterocycles. The number of hydrogen-bond acceptors (Lipinski definition) is 24. The molecule has 0 spiro atoms. The zero-order chi connectivity index (χ0) is 94.2. The van der Waals surface area contributed by atoms with E-state index in [1.54, 1.807) is 24.8 Å². The number of nitrogens with one attached hydrogen (secondary N) is 8. The lowest BCUT2D eigenvalue weighted by Crippen LogP contribution is -2.60. The number of benzene rings is 4. The molecule has 4 aromatic rings. The molecule has 4 aromatic carbocycles. The maximum Gasteiger partial charge on any atom is 0.249 e. The molecule has 1 saturated heterocycles. The van der Waals surface area contributed by atoms with Gasteiger partial charge in [-0.2, -0.15) is 5.10 Å². The Bertz CT molecular complexity index is 4800. The lowest BCUT2D eigenvalue weighted by Gasteiger charge is -2.56. The fourth-order valence-corrected chi connectivity index (χ4v) is 20.3. The van der Waals surface area contributed by atoms with Gasteiger partial charge in [0.1, 0.15) is 67.0 Å². The third-order valence-electron chi connectivity index (χ3n) is 27.7. The number of aryl methyl sites for hydroxylation is 3. The number of unbranched alkanes of at least 4 members (excludes halogenated alkanes) is 1. The Labute approximate surface area is 767 Å². The molecular formula is C98H136N12O21. The van der Waals surface area contributed by atoms with Crippen molar-refractivity contribution in [3.63, 3.8) is 0 Å². The number of para-hydroxylation sites is 1. The predicted octanol–water partition coefficient (Wildman–Crippen LogP) is 5.40. The minimum atomic E-state index is -1.66. The molecule has 714 valence electrons. The Morgan fingerprint density at radius 1 is 0.573 bits per heavy atom. The second kappa shape index (κ2) is 47.6. The molecule has 4 fully saturated rings. The van der Waals surface area contributed by atoms with E-state index in [0.29, 0.717) is 81.4 Å². The first-order valence-electron chi connectivity index (χ1n) is 46.7. The predicted molar refractivity (Wildman–Crippen MR) is 490 cm³/mol. The summed E-state index contributed by atoms with van der Waals surface area (Å²) in [5.41, 5.74) is 7.66. The number of nitrogens with two attached hydrogens (primary N) is 1. The quantitative estimate of drug-likeness (QED) is 0.00870. The van der Waals surface area contributed by atoms with Crippen LogP contribution in [0.15, 0.2) is 95.0 Å². The highest BCUT2D eigenvalue weighted by atomic mass is 16.6. The van der Waals surface area contributed by atoms with Crippen LogP contribution < -0.4 is 53.3 Å². The van der Waals surface area contributed by atoms with Gasteiger partial charge in [0.15, 0.2) is 6.23 Å². The summed E-state index contributed by atoms with van der Waals surface area (Å²) < 4.78 is 34.3. The number of ether oxygens (including phenoxy) is 6. The van der Waals surface area contributed by atoms with E-state index in [4.69, 9.17) is 34.3 Å². The van der Waals surface area contributed by atoms with Gasteiger partial charge in [0.25, 0.3) is 0 Å². The van der Waals surface area contributed by atoms with Gasteiger partial charge in [-0.3, -0.25) is 58.3 Å². The van der Waals surface area contributed by atoms with Crippen molar-refractivity contribution in [3.8, 4) is 11.8 Å². The highest BCUT2D eigenvalue weighted by Gasteiger charge is 2.59. The summed E-state index contributed by atoms with van der Waals surface area (Å²) >= 11 is 0. The molecule has 0 bridgehead atoms. The summed E-state index contributed by atoms with van der Waals surface area (Å²) in [6.07, 6.45) is 2.79. The van der Waals surface area contributed by atoms with E-state index in [-0.39, 0.29) is 145 Å². The normalized spacial score (nSPS) is 25.9. The van der Waals surface area contributed by atoms with Gasteiger partial charge in [0.05, 0.1) is 94.8 Å². The summed E-state index contributed by atoms with van der Waals surface area (Å²) in [6.45, 7) is 15.6. The third-order valence-corrected chi connectivity index (χ3v) is 27.7. The average Bonchev–Trinajstić information content (AvgIpc) is 0.726. The van der Waals surface area contributed by atoms with Crippen molar-refractivity contribution < 1.29 is 102 Å². The number of aliphatic imine (C=N–C) groups is 1. The Hall–Kier alpha value is -9.96. The zero-order valence-electron chi connectivity index (χ0n) is 77.0. The molecule has 33 nitrogen and oxygen atoms in total. The number of nitrogens with zero attached hydrogens (tertiary/aromatic N) is 3. The Morgan fingerprint density at radius 2 is 1.19 bits per heavy atom. The standard InChI is InChI=1S/C98H136N12O21/c1-60(2)83(91(123)102-62(4)88(120)105-73(57-111)90(122)103-68-34-31-65-33-36-78-96(6,70(65)55-68)41-19-43-98(78,8)94(125)108-93(124)97(7)42-18-40-95(5)69-54-61(3)27-28-64(69)32-35-77(95)97)107-89(121)72(24-16-17-44-100-81(115)59-130-75-26-11-9-10-23-71(84(75)109-99)106-92-87(119)86(118)85(117)76(58-112)131-92)104-80(114)39-46-126-48-50-128-52-53-129-51-49-127-47-45-101-79(113)37-38-82(116)110-56-67-22-13-12-20-63(67)29-30-66-21-14-15-25-74(66)110/h12-15,20-22,25,27-28,31,34,54-55,60,62,72-73,75-78,83,85-87,92,111-112,117-119H,9-11,16-19,23-24,26,32-33,35-53,56-59,99H2,1-8H3,(H,100,115)(H,101,113)(H,102,123)(H,103,122)(H,104,114)(H,105,120)(H,107,121)(H,108,124,125)/t62-,72+,73-,75?,76+,77+,78+,83-,85-,86-,87+,92+,95+,96+,97-,98-/m0/s1. The molecule has 16 atom stereocenters. The third kappa shape index (κ3) is 25.7. The molecule has 0 radical (unpaired) electrons. The Morgan fingerprint density at radius 3 is 1.85 bits per heavy atom. The SMILES string of the molecule is Cc1ccc2c(c1)[C@@]1(C)CCC[C@](C)(C(=O)NC(=O)[C@@]3(C)CCC[C@]4(C)c5cc(NC(=O)[C@H](CO)NC(=O)[C@H](C)NC(=O)[C@@H](NC(=O)[C@@H](CCCCNC(=O)COC6CCCCCC(=N[C@@H]7O[C@H](CO)[C@H](O)[C@H](O)[C@H]7O)C6=NN)NC(=O)CCOCCOCCOCCOCCNC(=O)CCC(=O)N6Cc7ccccc7C#Cc7ccccc76)C(C)C)ccc5CC[C@@H]34)[C@@H]1CC2. The molecule has 0 aromatic heterocycles. The fraction of sp³-hybridized carbons (Fsp3) is 0.612. The number of anilines is 2. The lowest BCUT2D eigenvalue weighted by atomic mass is 9.49. The highest BCUT2D eigenvalue weighted by Crippen LogP contribution is 2.60. The number of hydrazone groups is 1. The topological polar surface area (TPSA) is 477 Å². The molecule has 7 aliphatic rings. The van der Waals surface area contributed by atoms with E-state index < -0.39 is 138 Å².